The lowest BCUT2D eigenvalue weighted by molar-refractivity contribution is -0.141. The predicted octanol–water partition coefficient (Wildman–Crippen LogP) is 1.55. The molecule has 0 spiro atoms. The molecule has 2 N–H and O–H groups in total. The molecule has 1 unspecified atom stereocenters. The molecule has 7 nitrogen and oxygen atoms in total. The van der Waals surface area contributed by atoms with E-state index in [0.717, 1.165) is 5.56 Å². The molecule has 1 amide bonds. The van der Waals surface area contributed by atoms with Crippen molar-refractivity contribution in [2.75, 3.05) is 7.11 Å². The Bertz CT molecular complexity index is 867. The van der Waals surface area contributed by atoms with Crippen LogP contribution in [0.2, 0.25) is 0 Å². The molecule has 128 valence electrons. The van der Waals surface area contributed by atoms with Crippen LogP contribution in [0.15, 0.2) is 21.3 Å². The third-order valence-corrected chi connectivity index (χ3v) is 3.79. The molecule has 24 heavy (non-hydrogen) atoms. The average Bonchev–Trinajstić information content (AvgIpc) is 2.49. The number of benzene rings is 1. The quantitative estimate of drug-likeness (QED) is 0.804. The van der Waals surface area contributed by atoms with E-state index in [1.165, 1.54) is 14.0 Å². The molecule has 2 rings (SSSR count). The van der Waals surface area contributed by atoms with E-state index < -0.39 is 23.5 Å². The normalized spacial score (nSPS) is 12.0. The van der Waals surface area contributed by atoms with E-state index in [9.17, 15) is 14.4 Å². The van der Waals surface area contributed by atoms with Crippen LogP contribution in [0.4, 0.5) is 0 Å². The van der Waals surface area contributed by atoms with Gasteiger partial charge in [-0.1, -0.05) is 0 Å². The molecule has 0 aliphatic carbocycles. The van der Waals surface area contributed by atoms with Crippen LogP contribution in [-0.4, -0.2) is 30.1 Å². The summed E-state index contributed by atoms with van der Waals surface area (Å²) in [4.78, 5) is 35.0. The lowest BCUT2D eigenvalue weighted by atomic mass is 10.0. The number of carboxylic acids is 1. The summed E-state index contributed by atoms with van der Waals surface area (Å²) >= 11 is 0. The van der Waals surface area contributed by atoms with Gasteiger partial charge in [0.25, 0.3) is 0 Å². The van der Waals surface area contributed by atoms with Crippen molar-refractivity contribution in [3.05, 3.63) is 39.2 Å². The molecule has 0 bridgehead atoms. The molecule has 1 atom stereocenters. The maximum atomic E-state index is 12.2. The fourth-order valence-corrected chi connectivity index (χ4v) is 2.52. The monoisotopic (exact) mass is 333 g/mol. The number of aliphatic carboxylic acids is 1. The summed E-state index contributed by atoms with van der Waals surface area (Å²) < 4.78 is 10.7. The number of fused-ring (bicyclic) bond motifs is 1. The summed E-state index contributed by atoms with van der Waals surface area (Å²) in [6, 6.07) is 2.50. The van der Waals surface area contributed by atoms with Crippen LogP contribution in [0.5, 0.6) is 5.75 Å². The minimum absolute atomic E-state index is 0.180. The first-order chi connectivity index (χ1) is 11.2. The second-order valence-electron chi connectivity index (χ2n) is 5.64. The molecule has 1 heterocycles. The predicted molar refractivity (Wildman–Crippen MR) is 87.5 cm³/mol. The second-order valence-corrected chi connectivity index (χ2v) is 5.64. The van der Waals surface area contributed by atoms with Crippen LogP contribution in [0.3, 0.4) is 0 Å². The molecule has 0 aliphatic heterocycles. The van der Waals surface area contributed by atoms with Gasteiger partial charge in [-0.05, 0) is 44.0 Å². The smallest absolute Gasteiger partial charge is 0.340 e. The van der Waals surface area contributed by atoms with Crippen molar-refractivity contribution < 1.29 is 23.8 Å². The third kappa shape index (κ3) is 3.40. The van der Waals surface area contributed by atoms with Gasteiger partial charge in [-0.25, -0.2) is 4.79 Å². The van der Waals surface area contributed by atoms with Crippen LogP contribution in [-0.2, 0) is 16.0 Å². The number of hydrogen-bond acceptors (Lipinski definition) is 5. The molecule has 0 aliphatic rings. The van der Waals surface area contributed by atoms with Crippen LogP contribution < -0.4 is 15.7 Å². The summed E-state index contributed by atoms with van der Waals surface area (Å²) in [7, 11) is 1.51. The summed E-state index contributed by atoms with van der Waals surface area (Å²) in [5.41, 5.74) is 1.40. The summed E-state index contributed by atoms with van der Waals surface area (Å²) in [5.74, 6) is -1.17. The number of nitrogens with one attached hydrogen (secondary N) is 1. The first-order valence-electron chi connectivity index (χ1n) is 7.37. The second kappa shape index (κ2) is 6.74. The van der Waals surface area contributed by atoms with Crippen molar-refractivity contribution in [2.24, 2.45) is 0 Å². The van der Waals surface area contributed by atoms with Crippen molar-refractivity contribution in [1.82, 2.24) is 5.32 Å². The van der Waals surface area contributed by atoms with Crippen molar-refractivity contribution in [2.45, 2.75) is 33.2 Å². The maximum absolute atomic E-state index is 12.2. The number of amides is 1. The Balaban J connectivity index is 2.48. The number of ether oxygens (including phenoxy) is 1. The Kier molecular flexibility index (Phi) is 4.92. The van der Waals surface area contributed by atoms with Gasteiger partial charge in [0.05, 0.1) is 24.5 Å². The van der Waals surface area contributed by atoms with Crippen molar-refractivity contribution in [1.29, 1.82) is 0 Å². The molecule has 0 radical (unpaired) electrons. The van der Waals surface area contributed by atoms with Gasteiger partial charge in [0, 0.05) is 0 Å². The topological polar surface area (TPSA) is 106 Å². The van der Waals surface area contributed by atoms with E-state index in [2.05, 4.69) is 5.32 Å². The molecule has 2 aromatic rings. The molecular weight excluding hydrogens is 314 g/mol. The molecule has 1 aromatic carbocycles. The van der Waals surface area contributed by atoms with Gasteiger partial charge in [-0.2, -0.15) is 0 Å². The maximum Gasteiger partial charge on any atom is 0.340 e. The van der Waals surface area contributed by atoms with Gasteiger partial charge in [0.2, 0.25) is 5.91 Å². The average molecular weight is 333 g/mol. The number of carboxylic acid groups (broad SMARTS) is 1. The highest BCUT2D eigenvalue weighted by molar-refractivity contribution is 5.90. The Morgan fingerprint density at radius 3 is 2.58 bits per heavy atom. The lowest BCUT2D eigenvalue weighted by Gasteiger charge is -2.13. The minimum Gasteiger partial charge on any atom is -0.496 e. The third-order valence-electron chi connectivity index (χ3n) is 3.79. The van der Waals surface area contributed by atoms with Crippen molar-refractivity contribution >= 4 is 22.8 Å². The number of hydrogen-bond donors (Lipinski definition) is 2. The minimum atomic E-state index is -1.15. The zero-order valence-electron chi connectivity index (χ0n) is 13.9. The van der Waals surface area contributed by atoms with Crippen LogP contribution in [0.25, 0.3) is 11.0 Å². The molecule has 1 aromatic heterocycles. The molecule has 0 fully saturated rings. The van der Waals surface area contributed by atoms with E-state index >= 15 is 0 Å². The molecular formula is C17H19NO6. The number of carbonyl (C=O) groups is 2. The van der Waals surface area contributed by atoms with Crippen molar-refractivity contribution in [3.63, 3.8) is 0 Å². The van der Waals surface area contributed by atoms with Gasteiger partial charge in [0.1, 0.15) is 17.4 Å². The van der Waals surface area contributed by atoms with E-state index in [4.69, 9.17) is 14.3 Å². The van der Waals surface area contributed by atoms with E-state index in [1.54, 1.807) is 13.0 Å². The first kappa shape index (κ1) is 17.5. The van der Waals surface area contributed by atoms with Crippen LogP contribution in [0.1, 0.15) is 23.6 Å². The Morgan fingerprint density at radius 1 is 1.33 bits per heavy atom. The highest BCUT2D eigenvalue weighted by Gasteiger charge is 2.20. The van der Waals surface area contributed by atoms with E-state index in [1.807, 2.05) is 13.0 Å². The van der Waals surface area contributed by atoms with E-state index in [0.29, 0.717) is 22.3 Å². The Morgan fingerprint density at radius 2 is 2.00 bits per heavy atom. The number of rotatable bonds is 5. The lowest BCUT2D eigenvalue weighted by Crippen LogP contribution is -2.39. The SMILES string of the molecule is COc1cc(C)cc2oc(=O)c(CC(=O)NC(C)C(=O)O)c(C)c12. The fraction of sp³-hybridized carbons (Fsp3) is 0.353. The Hall–Kier alpha value is -2.83. The number of aryl methyl sites for hydroxylation is 2. The molecule has 0 saturated heterocycles. The number of carbonyl (C=O) groups excluding carboxylic acids is 1. The first-order valence-corrected chi connectivity index (χ1v) is 7.37. The van der Waals surface area contributed by atoms with Gasteiger partial charge in [0.15, 0.2) is 0 Å². The summed E-state index contributed by atoms with van der Waals surface area (Å²) in [6.07, 6.45) is -0.265. The van der Waals surface area contributed by atoms with Gasteiger partial charge in [-0.15, -0.1) is 0 Å². The van der Waals surface area contributed by atoms with Gasteiger partial charge < -0.3 is 19.6 Å². The Labute approximate surface area is 138 Å². The highest BCUT2D eigenvalue weighted by Crippen LogP contribution is 2.30. The highest BCUT2D eigenvalue weighted by atomic mass is 16.5. The zero-order chi connectivity index (χ0) is 18.0. The van der Waals surface area contributed by atoms with Crippen LogP contribution in [0, 0.1) is 13.8 Å². The van der Waals surface area contributed by atoms with Gasteiger partial charge in [-0.3, -0.25) is 9.59 Å². The number of methoxy groups -OCH3 is 1. The molecule has 0 saturated carbocycles. The molecule has 7 heteroatoms. The summed E-state index contributed by atoms with van der Waals surface area (Å²) in [6.45, 7) is 4.91. The fourth-order valence-electron chi connectivity index (χ4n) is 2.52. The van der Waals surface area contributed by atoms with Gasteiger partial charge >= 0.3 is 11.6 Å². The van der Waals surface area contributed by atoms with Crippen molar-refractivity contribution in [3.8, 4) is 5.75 Å². The summed E-state index contributed by atoms with van der Waals surface area (Å²) in [5, 5.41) is 11.8. The largest absolute Gasteiger partial charge is 0.496 e. The van der Waals surface area contributed by atoms with Crippen LogP contribution >= 0.6 is 0 Å². The zero-order valence-corrected chi connectivity index (χ0v) is 13.9. The van der Waals surface area contributed by atoms with E-state index in [-0.39, 0.29) is 12.0 Å². The standard InChI is InChI=1S/C17H19NO6/c1-8-5-12(23-4)15-9(2)11(17(22)24-13(15)6-8)7-14(19)18-10(3)16(20)21/h5-6,10H,7H2,1-4H3,(H,18,19)(H,20,21).